The number of aryl methyl sites for hydroxylation is 1. The SMILES string of the molecule is CCCc1ncncc1C(=O)NC(C)c1cc(OC)ccc1OC. The number of carbonyl (C=O) groups excluding carboxylic acids is 1. The van der Waals surface area contributed by atoms with Gasteiger partial charge >= 0.3 is 0 Å². The molecule has 1 heterocycles. The molecule has 6 heteroatoms. The Morgan fingerprint density at radius 1 is 1.29 bits per heavy atom. The zero-order chi connectivity index (χ0) is 17.5. The maximum absolute atomic E-state index is 12.6. The minimum absolute atomic E-state index is 0.198. The van der Waals surface area contributed by atoms with Crippen LogP contribution >= 0.6 is 0 Å². The lowest BCUT2D eigenvalue weighted by Gasteiger charge is -2.18. The maximum Gasteiger partial charge on any atom is 0.255 e. The van der Waals surface area contributed by atoms with Crippen LogP contribution in [0.4, 0.5) is 0 Å². The van der Waals surface area contributed by atoms with Crippen molar-refractivity contribution in [3.63, 3.8) is 0 Å². The molecule has 0 spiro atoms. The highest BCUT2D eigenvalue weighted by atomic mass is 16.5. The number of nitrogens with one attached hydrogen (secondary N) is 1. The fourth-order valence-electron chi connectivity index (χ4n) is 2.51. The monoisotopic (exact) mass is 329 g/mol. The van der Waals surface area contributed by atoms with E-state index < -0.39 is 0 Å². The standard InChI is InChI=1S/C18H23N3O3/c1-5-6-16-15(10-19-11-20-16)18(22)21-12(2)14-9-13(23-3)7-8-17(14)24-4/h7-12H,5-6H2,1-4H3,(H,21,22). The van der Waals surface area contributed by atoms with Crippen molar-refractivity contribution in [3.05, 3.63) is 47.5 Å². The van der Waals surface area contributed by atoms with Gasteiger partial charge < -0.3 is 14.8 Å². The molecule has 0 aliphatic rings. The Labute approximate surface area is 142 Å². The number of methoxy groups -OCH3 is 2. The summed E-state index contributed by atoms with van der Waals surface area (Å²) in [6, 6.07) is 5.25. The van der Waals surface area contributed by atoms with Gasteiger partial charge in [0.15, 0.2) is 0 Å². The highest BCUT2D eigenvalue weighted by molar-refractivity contribution is 5.95. The van der Waals surface area contributed by atoms with Gasteiger partial charge in [-0.2, -0.15) is 0 Å². The van der Waals surface area contributed by atoms with Crippen LogP contribution in [0, 0.1) is 0 Å². The van der Waals surface area contributed by atoms with Crippen molar-refractivity contribution >= 4 is 5.91 Å². The van der Waals surface area contributed by atoms with Crippen molar-refractivity contribution in [1.29, 1.82) is 0 Å². The van der Waals surface area contributed by atoms with Gasteiger partial charge in [0, 0.05) is 11.8 Å². The summed E-state index contributed by atoms with van der Waals surface area (Å²) in [6.45, 7) is 3.95. The Morgan fingerprint density at radius 3 is 2.75 bits per heavy atom. The average molecular weight is 329 g/mol. The topological polar surface area (TPSA) is 73.3 Å². The molecule has 0 aliphatic carbocycles. The van der Waals surface area contributed by atoms with Gasteiger partial charge in [0.2, 0.25) is 0 Å². The van der Waals surface area contributed by atoms with Crippen LogP contribution in [0.25, 0.3) is 0 Å². The van der Waals surface area contributed by atoms with Crippen LogP contribution in [0.5, 0.6) is 11.5 Å². The van der Waals surface area contributed by atoms with E-state index in [1.807, 2.05) is 32.0 Å². The van der Waals surface area contributed by atoms with E-state index in [9.17, 15) is 4.79 Å². The predicted molar refractivity (Wildman–Crippen MR) is 91.5 cm³/mol. The van der Waals surface area contributed by atoms with Gasteiger partial charge in [0.05, 0.1) is 31.5 Å². The third-order valence-electron chi connectivity index (χ3n) is 3.78. The maximum atomic E-state index is 12.6. The molecule has 1 aromatic carbocycles. The van der Waals surface area contributed by atoms with Gasteiger partial charge in [-0.3, -0.25) is 4.79 Å². The third kappa shape index (κ3) is 4.01. The summed E-state index contributed by atoms with van der Waals surface area (Å²) < 4.78 is 10.6. The lowest BCUT2D eigenvalue weighted by atomic mass is 10.1. The summed E-state index contributed by atoms with van der Waals surface area (Å²) in [7, 11) is 3.21. The molecule has 0 saturated carbocycles. The van der Waals surface area contributed by atoms with Crippen LogP contribution < -0.4 is 14.8 Å². The molecule has 0 saturated heterocycles. The van der Waals surface area contributed by atoms with Crippen molar-refractivity contribution < 1.29 is 14.3 Å². The molecule has 1 atom stereocenters. The molecular weight excluding hydrogens is 306 g/mol. The summed E-state index contributed by atoms with van der Waals surface area (Å²) in [4.78, 5) is 20.8. The van der Waals surface area contributed by atoms with Gasteiger partial charge in [0.1, 0.15) is 17.8 Å². The molecule has 1 amide bonds. The lowest BCUT2D eigenvalue weighted by Crippen LogP contribution is -2.28. The van der Waals surface area contributed by atoms with E-state index in [4.69, 9.17) is 9.47 Å². The van der Waals surface area contributed by atoms with E-state index in [1.54, 1.807) is 20.4 Å². The van der Waals surface area contributed by atoms with E-state index in [2.05, 4.69) is 15.3 Å². The van der Waals surface area contributed by atoms with Gasteiger partial charge in [-0.05, 0) is 31.5 Å². The molecule has 2 aromatic rings. The minimum Gasteiger partial charge on any atom is -0.497 e. The number of rotatable bonds is 7. The Balaban J connectivity index is 2.23. The van der Waals surface area contributed by atoms with Gasteiger partial charge in [-0.25, -0.2) is 9.97 Å². The predicted octanol–water partition coefficient (Wildman–Crippen LogP) is 2.94. The normalized spacial score (nSPS) is 11.7. The number of hydrogen-bond acceptors (Lipinski definition) is 5. The van der Waals surface area contributed by atoms with E-state index >= 15 is 0 Å². The molecule has 2 rings (SSSR count). The number of benzene rings is 1. The van der Waals surface area contributed by atoms with Gasteiger partial charge in [0.25, 0.3) is 5.91 Å². The van der Waals surface area contributed by atoms with Crippen LogP contribution in [-0.2, 0) is 6.42 Å². The highest BCUT2D eigenvalue weighted by Gasteiger charge is 2.18. The van der Waals surface area contributed by atoms with Crippen molar-refractivity contribution in [2.75, 3.05) is 14.2 Å². The van der Waals surface area contributed by atoms with E-state index in [0.29, 0.717) is 17.1 Å². The molecule has 24 heavy (non-hydrogen) atoms. The molecule has 6 nitrogen and oxygen atoms in total. The number of ether oxygens (including phenoxy) is 2. The molecule has 1 N–H and O–H groups in total. The third-order valence-corrected chi connectivity index (χ3v) is 3.78. The number of amides is 1. The summed E-state index contributed by atoms with van der Waals surface area (Å²) in [5.74, 6) is 1.21. The zero-order valence-electron chi connectivity index (χ0n) is 14.5. The van der Waals surface area contributed by atoms with Crippen molar-refractivity contribution in [2.45, 2.75) is 32.7 Å². The Hall–Kier alpha value is -2.63. The lowest BCUT2D eigenvalue weighted by molar-refractivity contribution is 0.0937. The fourth-order valence-corrected chi connectivity index (χ4v) is 2.51. The first-order valence-corrected chi connectivity index (χ1v) is 7.92. The number of nitrogens with zero attached hydrogens (tertiary/aromatic N) is 2. The highest BCUT2D eigenvalue weighted by Crippen LogP contribution is 2.29. The molecule has 1 aromatic heterocycles. The first-order chi connectivity index (χ1) is 11.6. The van der Waals surface area contributed by atoms with Crippen LogP contribution in [0.2, 0.25) is 0 Å². The molecule has 0 aliphatic heterocycles. The second-order valence-corrected chi connectivity index (χ2v) is 5.44. The van der Waals surface area contributed by atoms with Crippen LogP contribution in [0.1, 0.15) is 47.9 Å². The molecule has 0 bridgehead atoms. The first-order valence-electron chi connectivity index (χ1n) is 7.92. The Bertz CT molecular complexity index is 704. The Kier molecular flexibility index (Phi) is 6.12. The molecule has 128 valence electrons. The van der Waals surface area contributed by atoms with Crippen LogP contribution in [0.15, 0.2) is 30.7 Å². The quantitative estimate of drug-likeness (QED) is 0.845. The van der Waals surface area contributed by atoms with Crippen LogP contribution in [0.3, 0.4) is 0 Å². The summed E-state index contributed by atoms with van der Waals surface area (Å²) in [6.07, 6.45) is 4.68. The molecular formula is C18H23N3O3. The molecule has 0 radical (unpaired) electrons. The van der Waals surface area contributed by atoms with Crippen molar-refractivity contribution in [2.24, 2.45) is 0 Å². The van der Waals surface area contributed by atoms with Gasteiger partial charge in [-0.1, -0.05) is 13.3 Å². The molecule has 0 fully saturated rings. The first kappa shape index (κ1) is 17.7. The summed E-state index contributed by atoms with van der Waals surface area (Å²) >= 11 is 0. The number of aromatic nitrogens is 2. The van der Waals surface area contributed by atoms with Crippen molar-refractivity contribution in [1.82, 2.24) is 15.3 Å². The van der Waals surface area contributed by atoms with E-state index in [0.717, 1.165) is 24.1 Å². The number of hydrogen-bond donors (Lipinski definition) is 1. The summed E-state index contributed by atoms with van der Waals surface area (Å²) in [5.41, 5.74) is 2.11. The van der Waals surface area contributed by atoms with E-state index in [-0.39, 0.29) is 11.9 Å². The molecule has 1 unspecified atom stereocenters. The summed E-state index contributed by atoms with van der Waals surface area (Å²) in [5, 5.41) is 2.98. The van der Waals surface area contributed by atoms with E-state index in [1.165, 1.54) is 6.33 Å². The van der Waals surface area contributed by atoms with Crippen LogP contribution in [-0.4, -0.2) is 30.1 Å². The number of carbonyl (C=O) groups is 1. The second-order valence-electron chi connectivity index (χ2n) is 5.44. The minimum atomic E-state index is -0.253. The van der Waals surface area contributed by atoms with Crippen molar-refractivity contribution in [3.8, 4) is 11.5 Å². The zero-order valence-corrected chi connectivity index (χ0v) is 14.5. The largest absolute Gasteiger partial charge is 0.497 e. The smallest absolute Gasteiger partial charge is 0.255 e. The Morgan fingerprint density at radius 2 is 2.08 bits per heavy atom. The average Bonchev–Trinajstić information content (AvgIpc) is 2.61. The fraction of sp³-hybridized carbons (Fsp3) is 0.389. The second kappa shape index (κ2) is 8.29. The van der Waals surface area contributed by atoms with Gasteiger partial charge in [-0.15, -0.1) is 0 Å².